The van der Waals surface area contributed by atoms with Gasteiger partial charge in [0.2, 0.25) is 0 Å². The maximum atomic E-state index is 9.10. The van der Waals surface area contributed by atoms with Crippen LogP contribution in [0.3, 0.4) is 0 Å². The SMILES string of the molecule is COc1cccc(CNCCc2c[nH]c3ccccc23)c1OC.O=C(O)C(=O)O. The Morgan fingerprint density at radius 1 is 0.966 bits per heavy atom. The molecule has 0 bridgehead atoms. The maximum absolute atomic E-state index is 9.10. The highest BCUT2D eigenvalue weighted by molar-refractivity contribution is 6.27. The van der Waals surface area contributed by atoms with Gasteiger partial charge in [-0.2, -0.15) is 0 Å². The van der Waals surface area contributed by atoms with Crippen molar-refractivity contribution in [3.8, 4) is 11.5 Å². The number of H-pyrrole nitrogens is 1. The van der Waals surface area contributed by atoms with Gasteiger partial charge in [-0.3, -0.25) is 0 Å². The van der Waals surface area contributed by atoms with Gasteiger partial charge in [-0.15, -0.1) is 0 Å². The van der Waals surface area contributed by atoms with E-state index in [1.54, 1.807) is 14.2 Å². The van der Waals surface area contributed by atoms with Crippen LogP contribution in [0, 0.1) is 0 Å². The van der Waals surface area contributed by atoms with Crippen molar-refractivity contribution in [3.05, 3.63) is 59.8 Å². The zero-order valence-corrected chi connectivity index (χ0v) is 16.3. The van der Waals surface area contributed by atoms with Crippen LogP contribution in [0.1, 0.15) is 11.1 Å². The lowest BCUT2D eigenvalue weighted by Gasteiger charge is -2.13. The molecule has 0 saturated carbocycles. The maximum Gasteiger partial charge on any atom is 0.414 e. The number of fused-ring (bicyclic) bond motifs is 1. The Hall–Kier alpha value is -3.52. The quantitative estimate of drug-likeness (QED) is 0.355. The van der Waals surface area contributed by atoms with E-state index in [0.29, 0.717) is 0 Å². The predicted octanol–water partition coefficient (Wildman–Crippen LogP) is 2.67. The Kier molecular flexibility index (Phi) is 8.05. The molecule has 2 aromatic carbocycles. The molecule has 0 radical (unpaired) electrons. The van der Waals surface area contributed by atoms with Crippen molar-refractivity contribution in [1.29, 1.82) is 0 Å². The number of ether oxygens (including phenoxy) is 2. The van der Waals surface area contributed by atoms with E-state index in [4.69, 9.17) is 29.3 Å². The topological polar surface area (TPSA) is 121 Å². The molecule has 0 atom stereocenters. The van der Waals surface area contributed by atoms with Gasteiger partial charge in [0.15, 0.2) is 11.5 Å². The van der Waals surface area contributed by atoms with Gasteiger partial charge < -0.3 is 30.0 Å². The van der Waals surface area contributed by atoms with Crippen LogP contribution >= 0.6 is 0 Å². The molecule has 1 heterocycles. The van der Waals surface area contributed by atoms with Gasteiger partial charge >= 0.3 is 11.9 Å². The summed E-state index contributed by atoms with van der Waals surface area (Å²) in [4.78, 5) is 21.5. The van der Waals surface area contributed by atoms with Crippen LogP contribution in [-0.2, 0) is 22.6 Å². The molecular formula is C21H24N2O6. The summed E-state index contributed by atoms with van der Waals surface area (Å²) in [5, 5.41) is 19.6. The largest absolute Gasteiger partial charge is 0.493 e. The van der Waals surface area contributed by atoms with E-state index >= 15 is 0 Å². The number of aliphatic carboxylic acids is 2. The molecule has 0 spiro atoms. The molecule has 0 unspecified atom stereocenters. The molecule has 29 heavy (non-hydrogen) atoms. The first-order valence-electron chi connectivity index (χ1n) is 8.89. The van der Waals surface area contributed by atoms with Crippen molar-refractivity contribution in [3.63, 3.8) is 0 Å². The molecule has 0 aliphatic heterocycles. The molecule has 1 aromatic heterocycles. The standard InChI is InChI=1S/C19H22N2O2.C2H2O4/c1-22-18-9-5-6-15(19(18)23-2)12-20-11-10-14-13-21-17-8-4-3-7-16(14)17;3-1(4)2(5)6/h3-9,13,20-21H,10-12H2,1-2H3;(H,3,4)(H,5,6). The minimum absolute atomic E-state index is 0.753. The van der Waals surface area contributed by atoms with Crippen LogP contribution in [0.4, 0.5) is 0 Å². The molecule has 0 fully saturated rings. The van der Waals surface area contributed by atoms with Crippen LogP contribution < -0.4 is 14.8 Å². The van der Waals surface area contributed by atoms with Crippen LogP contribution in [0.15, 0.2) is 48.7 Å². The zero-order valence-electron chi connectivity index (χ0n) is 16.3. The van der Waals surface area contributed by atoms with E-state index in [1.165, 1.54) is 16.5 Å². The average molecular weight is 400 g/mol. The van der Waals surface area contributed by atoms with Crippen LogP contribution in [0.25, 0.3) is 10.9 Å². The van der Waals surface area contributed by atoms with E-state index in [-0.39, 0.29) is 0 Å². The number of nitrogens with one attached hydrogen (secondary N) is 2. The average Bonchev–Trinajstić information content (AvgIpc) is 3.14. The Bertz CT molecular complexity index is 955. The summed E-state index contributed by atoms with van der Waals surface area (Å²) in [6, 6.07) is 14.3. The lowest BCUT2D eigenvalue weighted by Crippen LogP contribution is -2.17. The minimum Gasteiger partial charge on any atom is -0.493 e. The third-order valence-electron chi connectivity index (χ3n) is 4.23. The molecule has 0 saturated heterocycles. The van der Waals surface area contributed by atoms with Gasteiger partial charge in [-0.1, -0.05) is 30.3 Å². The Balaban J connectivity index is 0.000000438. The summed E-state index contributed by atoms with van der Waals surface area (Å²) >= 11 is 0. The van der Waals surface area contributed by atoms with Crippen LogP contribution in [-0.4, -0.2) is 47.9 Å². The summed E-state index contributed by atoms with van der Waals surface area (Å²) in [7, 11) is 3.33. The van der Waals surface area contributed by atoms with Crippen molar-refractivity contribution in [2.45, 2.75) is 13.0 Å². The molecule has 0 aliphatic rings. The van der Waals surface area contributed by atoms with Crippen LogP contribution in [0.2, 0.25) is 0 Å². The smallest absolute Gasteiger partial charge is 0.414 e. The molecule has 3 aromatic rings. The number of methoxy groups -OCH3 is 2. The number of rotatable bonds is 7. The van der Waals surface area contributed by atoms with Gasteiger partial charge in [0.25, 0.3) is 0 Å². The van der Waals surface area contributed by atoms with E-state index in [9.17, 15) is 0 Å². The normalized spacial score (nSPS) is 10.1. The lowest BCUT2D eigenvalue weighted by molar-refractivity contribution is -0.159. The van der Waals surface area contributed by atoms with Gasteiger partial charge in [0.05, 0.1) is 14.2 Å². The minimum atomic E-state index is -1.82. The molecule has 8 nitrogen and oxygen atoms in total. The second kappa shape index (κ2) is 10.7. The second-order valence-corrected chi connectivity index (χ2v) is 6.05. The summed E-state index contributed by atoms with van der Waals surface area (Å²) < 4.78 is 10.8. The summed E-state index contributed by atoms with van der Waals surface area (Å²) in [5.41, 5.74) is 3.63. The first-order chi connectivity index (χ1) is 14.0. The summed E-state index contributed by atoms with van der Waals surface area (Å²) in [5.74, 6) is -2.08. The molecule has 154 valence electrons. The number of aromatic nitrogens is 1. The van der Waals surface area contributed by atoms with Gasteiger partial charge in [0.1, 0.15) is 0 Å². The molecule has 8 heteroatoms. The fourth-order valence-corrected chi connectivity index (χ4v) is 2.88. The second-order valence-electron chi connectivity index (χ2n) is 6.05. The van der Waals surface area contributed by atoms with E-state index < -0.39 is 11.9 Å². The van der Waals surface area contributed by atoms with Gasteiger partial charge in [0, 0.05) is 29.2 Å². The van der Waals surface area contributed by atoms with E-state index in [0.717, 1.165) is 36.6 Å². The fourth-order valence-electron chi connectivity index (χ4n) is 2.88. The number of hydrogen-bond donors (Lipinski definition) is 4. The first-order valence-corrected chi connectivity index (χ1v) is 8.89. The number of aromatic amines is 1. The predicted molar refractivity (Wildman–Crippen MR) is 109 cm³/mol. The first kappa shape index (κ1) is 21.8. The molecule has 3 rings (SSSR count). The van der Waals surface area contributed by atoms with Crippen molar-refractivity contribution in [1.82, 2.24) is 10.3 Å². The number of benzene rings is 2. The van der Waals surface area contributed by atoms with Crippen molar-refractivity contribution < 1.29 is 29.3 Å². The monoisotopic (exact) mass is 400 g/mol. The Morgan fingerprint density at radius 2 is 1.69 bits per heavy atom. The molecule has 4 N–H and O–H groups in total. The highest BCUT2D eigenvalue weighted by Crippen LogP contribution is 2.30. The summed E-state index contributed by atoms with van der Waals surface area (Å²) in [6.45, 7) is 1.66. The Morgan fingerprint density at radius 3 is 2.34 bits per heavy atom. The third-order valence-corrected chi connectivity index (χ3v) is 4.23. The molecular weight excluding hydrogens is 376 g/mol. The van der Waals surface area contributed by atoms with Gasteiger partial charge in [-0.25, -0.2) is 9.59 Å². The van der Waals surface area contributed by atoms with Crippen molar-refractivity contribution in [2.75, 3.05) is 20.8 Å². The number of carboxylic acid groups (broad SMARTS) is 2. The zero-order chi connectivity index (χ0) is 21.2. The number of carbonyl (C=O) groups is 2. The highest BCUT2D eigenvalue weighted by Gasteiger charge is 2.09. The van der Waals surface area contributed by atoms with Gasteiger partial charge in [-0.05, 0) is 30.7 Å². The Labute approximate surface area is 168 Å². The lowest BCUT2D eigenvalue weighted by atomic mass is 10.1. The van der Waals surface area contributed by atoms with Crippen molar-refractivity contribution >= 4 is 22.8 Å². The van der Waals surface area contributed by atoms with E-state index in [2.05, 4.69) is 46.8 Å². The third kappa shape index (κ3) is 5.98. The van der Waals surface area contributed by atoms with Crippen molar-refractivity contribution in [2.24, 2.45) is 0 Å². The fraction of sp³-hybridized carbons (Fsp3) is 0.238. The number of carboxylic acids is 2. The molecule has 0 aliphatic carbocycles. The highest BCUT2D eigenvalue weighted by atomic mass is 16.5. The number of hydrogen-bond acceptors (Lipinski definition) is 5. The van der Waals surface area contributed by atoms with E-state index in [1.807, 2.05) is 12.1 Å². The summed E-state index contributed by atoms with van der Waals surface area (Å²) in [6.07, 6.45) is 3.08. The van der Waals surface area contributed by atoms with Crippen LogP contribution in [0.5, 0.6) is 11.5 Å². The number of para-hydroxylation sites is 2. The molecule has 0 amide bonds.